The molecule has 0 aliphatic heterocycles. The standard InChI is InChI=1S/C17H14F3N/c1-13-7-5-6-8-14(13)11-12-16(21,17(18,19)20)15-9-3-2-4-10-15/h2-10H,21H2,1H3. The van der Waals surface area contributed by atoms with Crippen molar-refractivity contribution in [1.82, 2.24) is 0 Å². The lowest BCUT2D eigenvalue weighted by molar-refractivity contribution is -0.171. The molecular formula is C17H14F3N. The van der Waals surface area contributed by atoms with Crippen LogP contribution in [0, 0.1) is 18.8 Å². The lowest BCUT2D eigenvalue weighted by Gasteiger charge is -2.27. The lowest BCUT2D eigenvalue weighted by atomic mass is 9.90. The van der Waals surface area contributed by atoms with Gasteiger partial charge in [-0.25, -0.2) is 0 Å². The van der Waals surface area contributed by atoms with Crippen LogP contribution in [-0.2, 0) is 5.54 Å². The van der Waals surface area contributed by atoms with Crippen LogP contribution in [0.2, 0.25) is 0 Å². The van der Waals surface area contributed by atoms with Gasteiger partial charge < -0.3 is 5.73 Å². The summed E-state index contributed by atoms with van der Waals surface area (Å²) in [5.74, 6) is 4.78. The molecule has 108 valence electrons. The van der Waals surface area contributed by atoms with E-state index in [1.807, 2.05) is 0 Å². The van der Waals surface area contributed by atoms with E-state index in [9.17, 15) is 13.2 Å². The van der Waals surface area contributed by atoms with Gasteiger partial charge in [-0.2, -0.15) is 13.2 Å². The van der Waals surface area contributed by atoms with Crippen LogP contribution in [-0.4, -0.2) is 6.18 Å². The molecule has 2 aromatic carbocycles. The predicted octanol–water partition coefficient (Wildman–Crippen LogP) is 3.76. The quantitative estimate of drug-likeness (QED) is 0.795. The van der Waals surface area contributed by atoms with Gasteiger partial charge in [0, 0.05) is 5.56 Å². The molecule has 1 nitrogen and oxygen atoms in total. The molecule has 0 bridgehead atoms. The molecule has 0 saturated carbocycles. The van der Waals surface area contributed by atoms with E-state index in [0.29, 0.717) is 5.56 Å². The third-order valence-corrected chi connectivity index (χ3v) is 3.22. The van der Waals surface area contributed by atoms with Crippen LogP contribution >= 0.6 is 0 Å². The molecule has 1 atom stereocenters. The number of nitrogens with two attached hydrogens (primary N) is 1. The average Bonchev–Trinajstić information content (AvgIpc) is 2.46. The summed E-state index contributed by atoms with van der Waals surface area (Å²) in [5, 5.41) is 0. The van der Waals surface area contributed by atoms with Gasteiger partial charge in [0.2, 0.25) is 0 Å². The molecule has 0 heterocycles. The van der Waals surface area contributed by atoms with Crippen LogP contribution < -0.4 is 5.73 Å². The minimum absolute atomic E-state index is 0.0708. The van der Waals surface area contributed by atoms with E-state index >= 15 is 0 Å². The van der Waals surface area contributed by atoms with Crippen molar-refractivity contribution >= 4 is 0 Å². The fraction of sp³-hybridized carbons (Fsp3) is 0.176. The van der Waals surface area contributed by atoms with Crippen LogP contribution in [0.15, 0.2) is 54.6 Å². The Morgan fingerprint density at radius 2 is 1.48 bits per heavy atom. The number of hydrogen-bond donors (Lipinski definition) is 1. The SMILES string of the molecule is Cc1ccccc1C#CC(N)(c1ccccc1)C(F)(F)F. The molecule has 0 fully saturated rings. The van der Waals surface area contributed by atoms with Gasteiger partial charge in [-0.3, -0.25) is 0 Å². The van der Waals surface area contributed by atoms with Gasteiger partial charge in [0.05, 0.1) is 0 Å². The molecule has 0 saturated heterocycles. The molecule has 2 aromatic rings. The predicted molar refractivity (Wildman–Crippen MR) is 76.4 cm³/mol. The number of halogens is 3. The second-order valence-electron chi connectivity index (χ2n) is 4.74. The Morgan fingerprint density at radius 3 is 2.05 bits per heavy atom. The van der Waals surface area contributed by atoms with E-state index in [1.165, 1.54) is 24.3 Å². The number of hydrogen-bond acceptors (Lipinski definition) is 1. The summed E-state index contributed by atoms with van der Waals surface area (Å²) in [6.07, 6.45) is -4.66. The van der Waals surface area contributed by atoms with Gasteiger partial charge >= 0.3 is 6.18 Å². The third-order valence-electron chi connectivity index (χ3n) is 3.22. The van der Waals surface area contributed by atoms with Crippen molar-refractivity contribution in [3.05, 3.63) is 71.3 Å². The molecule has 0 aromatic heterocycles. The van der Waals surface area contributed by atoms with Gasteiger partial charge in [-0.05, 0) is 24.1 Å². The molecule has 2 N–H and O–H groups in total. The molecule has 0 aliphatic rings. The zero-order valence-corrected chi connectivity index (χ0v) is 11.4. The van der Waals surface area contributed by atoms with Gasteiger partial charge in [0.15, 0.2) is 5.54 Å². The first-order valence-corrected chi connectivity index (χ1v) is 6.34. The van der Waals surface area contributed by atoms with Crippen LogP contribution in [0.25, 0.3) is 0 Å². The third kappa shape index (κ3) is 3.09. The Morgan fingerprint density at radius 1 is 0.905 bits per heavy atom. The molecular weight excluding hydrogens is 275 g/mol. The normalized spacial score (nSPS) is 14.0. The van der Waals surface area contributed by atoms with Crippen molar-refractivity contribution in [2.45, 2.75) is 18.6 Å². The summed E-state index contributed by atoms with van der Waals surface area (Å²) in [4.78, 5) is 0. The minimum atomic E-state index is -4.66. The topological polar surface area (TPSA) is 26.0 Å². The highest BCUT2D eigenvalue weighted by Gasteiger charge is 2.52. The van der Waals surface area contributed by atoms with E-state index < -0.39 is 11.7 Å². The largest absolute Gasteiger partial charge is 0.422 e. The first kappa shape index (κ1) is 15.1. The van der Waals surface area contributed by atoms with Crippen LogP contribution in [0.4, 0.5) is 13.2 Å². The number of rotatable bonds is 1. The minimum Gasteiger partial charge on any atom is -0.304 e. The maximum absolute atomic E-state index is 13.4. The van der Waals surface area contributed by atoms with Gasteiger partial charge in [-0.1, -0.05) is 60.4 Å². The lowest BCUT2D eigenvalue weighted by Crippen LogP contribution is -2.49. The second kappa shape index (κ2) is 5.63. The van der Waals surface area contributed by atoms with E-state index in [-0.39, 0.29) is 5.56 Å². The summed E-state index contributed by atoms with van der Waals surface area (Å²) in [5.41, 5.74) is 4.18. The molecule has 2 rings (SSSR count). The van der Waals surface area contributed by atoms with Crippen LogP contribution in [0.5, 0.6) is 0 Å². The highest BCUT2D eigenvalue weighted by atomic mass is 19.4. The summed E-state index contributed by atoms with van der Waals surface area (Å²) >= 11 is 0. The second-order valence-corrected chi connectivity index (χ2v) is 4.74. The molecule has 0 aliphatic carbocycles. The van der Waals surface area contributed by atoms with Crippen LogP contribution in [0.3, 0.4) is 0 Å². The number of benzene rings is 2. The van der Waals surface area contributed by atoms with Crippen molar-refractivity contribution in [2.75, 3.05) is 0 Å². The van der Waals surface area contributed by atoms with Gasteiger partial charge in [0.1, 0.15) is 0 Å². The zero-order chi connectivity index (χ0) is 15.5. The summed E-state index contributed by atoms with van der Waals surface area (Å²) in [7, 11) is 0. The molecule has 0 radical (unpaired) electrons. The monoisotopic (exact) mass is 289 g/mol. The van der Waals surface area contributed by atoms with Crippen molar-refractivity contribution in [3.8, 4) is 11.8 Å². The van der Waals surface area contributed by atoms with Crippen molar-refractivity contribution < 1.29 is 13.2 Å². The maximum Gasteiger partial charge on any atom is 0.422 e. The summed E-state index contributed by atoms with van der Waals surface area (Å²) in [6.45, 7) is 1.79. The highest BCUT2D eigenvalue weighted by molar-refractivity contribution is 5.45. The summed E-state index contributed by atoms with van der Waals surface area (Å²) in [6, 6.07) is 14.3. The number of aryl methyl sites for hydroxylation is 1. The Balaban J connectivity index is 2.53. The van der Waals surface area contributed by atoms with Crippen molar-refractivity contribution in [1.29, 1.82) is 0 Å². The van der Waals surface area contributed by atoms with Crippen molar-refractivity contribution in [3.63, 3.8) is 0 Å². The molecule has 0 amide bonds. The van der Waals surface area contributed by atoms with Crippen molar-refractivity contribution in [2.24, 2.45) is 5.73 Å². The van der Waals surface area contributed by atoms with Crippen LogP contribution in [0.1, 0.15) is 16.7 Å². The van der Waals surface area contributed by atoms with E-state index in [2.05, 4.69) is 11.8 Å². The van der Waals surface area contributed by atoms with Gasteiger partial charge in [-0.15, -0.1) is 0 Å². The smallest absolute Gasteiger partial charge is 0.304 e. The highest BCUT2D eigenvalue weighted by Crippen LogP contribution is 2.36. The maximum atomic E-state index is 13.4. The average molecular weight is 289 g/mol. The van der Waals surface area contributed by atoms with E-state index in [4.69, 9.17) is 5.73 Å². The fourth-order valence-electron chi connectivity index (χ4n) is 1.89. The molecule has 0 spiro atoms. The first-order valence-electron chi connectivity index (χ1n) is 6.34. The molecule has 4 heteroatoms. The first-order chi connectivity index (χ1) is 9.84. The Labute approximate surface area is 121 Å². The Hall–Kier alpha value is -2.25. The molecule has 1 unspecified atom stereocenters. The Kier molecular flexibility index (Phi) is 4.06. The summed E-state index contributed by atoms with van der Waals surface area (Å²) < 4.78 is 40.1. The molecule has 21 heavy (non-hydrogen) atoms. The van der Waals surface area contributed by atoms with E-state index in [0.717, 1.165) is 5.56 Å². The van der Waals surface area contributed by atoms with Gasteiger partial charge in [0.25, 0.3) is 0 Å². The number of alkyl halides is 3. The Bertz CT molecular complexity index is 680. The zero-order valence-electron chi connectivity index (χ0n) is 11.4. The van der Waals surface area contributed by atoms with E-state index in [1.54, 1.807) is 37.3 Å². The fourth-order valence-corrected chi connectivity index (χ4v) is 1.89.